The predicted molar refractivity (Wildman–Crippen MR) is 75.9 cm³/mol. The lowest BCUT2D eigenvalue weighted by Gasteiger charge is -2.41. The number of esters is 1. The number of piperidine rings is 1. The fourth-order valence-corrected chi connectivity index (χ4v) is 2.71. The van der Waals surface area contributed by atoms with Crippen LogP contribution in [0, 0.1) is 0 Å². The molecule has 104 valence electrons. The van der Waals surface area contributed by atoms with E-state index in [2.05, 4.69) is 24.0 Å². The Morgan fingerprint density at radius 1 is 1.21 bits per heavy atom. The van der Waals surface area contributed by atoms with Gasteiger partial charge in [0.05, 0.1) is 0 Å². The predicted octanol–water partition coefficient (Wildman–Crippen LogP) is 2.95. The zero-order chi connectivity index (χ0) is 13.7. The summed E-state index contributed by atoms with van der Waals surface area (Å²) < 4.78 is 5.84. The van der Waals surface area contributed by atoms with Gasteiger partial charge in [-0.3, -0.25) is 4.79 Å². The third kappa shape index (κ3) is 3.16. The number of nitrogens with zero attached hydrogens (tertiary/aromatic N) is 1. The molecule has 1 aliphatic rings. The van der Waals surface area contributed by atoms with Gasteiger partial charge in [0.1, 0.15) is 5.60 Å². The largest absolute Gasteiger partial charge is 0.454 e. The Morgan fingerprint density at radius 3 is 2.37 bits per heavy atom. The van der Waals surface area contributed by atoms with Crippen molar-refractivity contribution in [2.45, 2.75) is 38.7 Å². The van der Waals surface area contributed by atoms with E-state index < -0.39 is 5.60 Å². The minimum atomic E-state index is -0.417. The number of carbonyl (C=O) groups is 1. The van der Waals surface area contributed by atoms with Crippen LogP contribution in [0.15, 0.2) is 30.3 Å². The summed E-state index contributed by atoms with van der Waals surface area (Å²) in [5.41, 5.74) is 0.715. The van der Waals surface area contributed by atoms with E-state index >= 15 is 0 Å². The maximum atomic E-state index is 11.8. The van der Waals surface area contributed by atoms with E-state index in [0.717, 1.165) is 38.0 Å². The van der Waals surface area contributed by atoms with Crippen LogP contribution in [0.3, 0.4) is 0 Å². The molecule has 0 atom stereocenters. The number of hydrogen-bond donors (Lipinski definition) is 0. The third-order valence-electron chi connectivity index (χ3n) is 4.01. The fourth-order valence-electron chi connectivity index (χ4n) is 2.71. The van der Waals surface area contributed by atoms with Gasteiger partial charge in [0.25, 0.3) is 0 Å². The molecule has 0 aliphatic carbocycles. The Hall–Kier alpha value is -1.35. The first-order valence-corrected chi connectivity index (χ1v) is 7.20. The number of rotatable bonds is 4. The Kier molecular flexibility index (Phi) is 4.59. The van der Waals surface area contributed by atoms with Crippen LogP contribution in [0.2, 0.25) is 0 Å². The number of likely N-dealkylation sites (tertiary alicyclic amines) is 1. The topological polar surface area (TPSA) is 29.5 Å². The zero-order valence-corrected chi connectivity index (χ0v) is 11.9. The summed E-state index contributed by atoms with van der Waals surface area (Å²) in [6.45, 7) is 7.06. The van der Waals surface area contributed by atoms with E-state index in [-0.39, 0.29) is 5.97 Å². The first kappa shape index (κ1) is 14.1. The van der Waals surface area contributed by atoms with Crippen LogP contribution in [0.25, 0.3) is 0 Å². The second kappa shape index (κ2) is 6.20. The van der Waals surface area contributed by atoms with Crippen molar-refractivity contribution in [2.24, 2.45) is 0 Å². The van der Waals surface area contributed by atoms with E-state index in [4.69, 9.17) is 4.74 Å². The molecule has 0 aromatic heterocycles. The number of carbonyl (C=O) groups excluding carboxylic acids is 1. The molecule has 0 N–H and O–H groups in total. The molecular weight excluding hydrogens is 238 g/mol. The van der Waals surface area contributed by atoms with Crippen molar-refractivity contribution in [2.75, 3.05) is 19.6 Å². The molecular formula is C16H23NO2. The van der Waals surface area contributed by atoms with Crippen LogP contribution in [0.1, 0.15) is 38.7 Å². The fraction of sp³-hybridized carbons (Fsp3) is 0.562. The summed E-state index contributed by atoms with van der Waals surface area (Å²) in [7, 11) is 0. The van der Waals surface area contributed by atoms with Crippen molar-refractivity contribution in [1.82, 2.24) is 4.90 Å². The number of benzene rings is 1. The monoisotopic (exact) mass is 261 g/mol. The zero-order valence-electron chi connectivity index (χ0n) is 11.9. The Labute approximate surface area is 115 Å². The summed E-state index contributed by atoms with van der Waals surface area (Å²) in [5.74, 6) is -0.103. The van der Waals surface area contributed by atoms with Crippen molar-refractivity contribution >= 4 is 5.97 Å². The van der Waals surface area contributed by atoms with Crippen LogP contribution in [-0.2, 0) is 15.1 Å². The molecule has 0 saturated carbocycles. The molecule has 3 nitrogen and oxygen atoms in total. The van der Waals surface area contributed by atoms with Crippen LogP contribution in [-0.4, -0.2) is 30.5 Å². The third-order valence-corrected chi connectivity index (χ3v) is 4.01. The van der Waals surface area contributed by atoms with Crippen molar-refractivity contribution in [3.05, 3.63) is 35.9 Å². The molecule has 1 aromatic rings. The number of hydrogen-bond acceptors (Lipinski definition) is 3. The summed E-state index contributed by atoms with van der Waals surface area (Å²) in [5, 5.41) is 0. The number of ether oxygens (including phenoxy) is 1. The van der Waals surface area contributed by atoms with E-state index in [1.807, 2.05) is 25.1 Å². The van der Waals surface area contributed by atoms with Gasteiger partial charge in [0.15, 0.2) is 0 Å². The molecule has 1 aliphatic heterocycles. The van der Waals surface area contributed by atoms with Crippen LogP contribution >= 0.6 is 0 Å². The summed E-state index contributed by atoms with van der Waals surface area (Å²) in [4.78, 5) is 14.2. The smallest absolute Gasteiger partial charge is 0.306 e. The summed E-state index contributed by atoms with van der Waals surface area (Å²) >= 11 is 0. The molecule has 0 amide bonds. The van der Waals surface area contributed by atoms with Crippen LogP contribution < -0.4 is 0 Å². The highest BCUT2D eigenvalue weighted by Crippen LogP contribution is 2.37. The van der Waals surface area contributed by atoms with Gasteiger partial charge >= 0.3 is 5.97 Å². The Balaban J connectivity index is 2.22. The molecule has 2 rings (SSSR count). The molecule has 19 heavy (non-hydrogen) atoms. The second-order valence-electron chi connectivity index (χ2n) is 5.12. The molecule has 1 heterocycles. The van der Waals surface area contributed by atoms with E-state index in [1.54, 1.807) is 0 Å². The molecule has 3 heteroatoms. The van der Waals surface area contributed by atoms with Crippen molar-refractivity contribution in [1.29, 1.82) is 0 Å². The standard InChI is InChI=1S/C16H23NO2/c1-3-15(18)19-16(14-8-6-5-7-9-14)10-12-17(4-2)13-11-16/h5-9H,3-4,10-13H2,1-2H3. The van der Waals surface area contributed by atoms with Gasteiger partial charge in [-0.25, -0.2) is 0 Å². The first-order valence-electron chi connectivity index (χ1n) is 7.20. The minimum absolute atomic E-state index is 0.103. The van der Waals surface area contributed by atoms with E-state index in [1.165, 1.54) is 0 Å². The van der Waals surface area contributed by atoms with Crippen molar-refractivity contribution < 1.29 is 9.53 Å². The van der Waals surface area contributed by atoms with Gasteiger partial charge < -0.3 is 9.64 Å². The highest BCUT2D eigenvalue weighted by atomic mass is 16.6. The van der Waals surface area contributed by atoms with Gasteiger partial charge in [0, 0.05) is 32.4 Å². The molecule has 0 spiro atoms. The van der Waals surface area contributed by atoms with Crippen LogP contribution in [0.4, 0.5) is 0 Å². The molecule has 1 saturated heterocycles. The molecule has 1 fully saturated rings. The Morgan fingerprint density at radius 2 is 1.84 bits per heavy atom. The van der Waals surface area contributed by atoms with E-state index in [0.29, 0.717) is 6.42 Å². The maximum absolute atomic E-state index is 11.8. The molecule has 1 aromatic carbocycles. The lowest BCUT2D eigenvalue weighted by atomic mass is 9.84. The SMILES string of the molecule is CCC(=O)OC1(c2ccccc2)CCN(CC)CC1. The highest BCUT2D eigenvalue weighted by molar-refractivity contribution is 5.69. The van der Waals surface area contributed by atoms with Gasteiger partial charge in [-0.2, -0.15) is 0 Å². The lowest BCUT2D eigenvalue weighted by Crippen LogP contribution is -2.45. The average molecular weight is 261 g/mol. The summed E-state index contributed by atoms with van der Waals surface area (Å²) in [6.07, 6.45) is 2.21. The molecule has 0 unspecified atom stereocenters. The first-order chi connectivity index (χ1) is 9.20. The average Bonchev–Trinajstić information content (AvgIpc) is 2.48. The Bertz CT molecular complexity index is 408. The van der Waals surface area contributed by atoms with Gasteiger partial charge in [-0.15, -0.1) is 0 Å². The quantitative estimate of drug-likeness (QED) is 0.780. The maximum Gasteiger partial charge on any atom is 0.306 e. The minimum Gasteiger partial charge on any atom is -0.454 e. The normalized spacial score (nSPS) is 19.1. The van der Waals surface area contributed by atoms with Gasteiger partial charge in [-0.05, 0) is 12.1 Å². The molecule has 0 bridgehead atoms. The lowest BCUT2D eigenvalue weighted by molar-refractivity contribution is -0.166. The van der Waals surface area contributed by atoms with Crippen molar-refractivity contribution in [3.8, 4) is 0 Å². The second-order valence-corrected chi connectivity index (χ2v) is 5.12. The van der Waals surface area contributed by atoms with Crippen molar-refractivity contribution in [3.63, 3.8) is 0 Å². The van der Waals surface area contributed by atoms with Crippen LogP contribution in [0.5, 0.6) is 0 Å². The summed E-state index contributed by atoms with van der Waals surface area (Å²) in [6, 6.07) is 10.2. The van der Waals surface area contributed by atoms with Gasteiger partial charge in [-0.1, -0.05) is 44.2 Å². The van der Waals surface area contributed by atoms with E-state index in [9.17, 15) is 4.79 Å². The highest BCUT2D eigenvalue weighted by Gasteiger charge is 2.39. The van der Waals surface area contributed by atoms with Gasteiger partial charge in [0.2, 0.25) is 0 Å². The molecule has 0 radical (unpaired) electrons.